The highest BCUT2D eigenvalue weighted by atomic mass is 16.5. The van der Waals surface area contributed by atoms with Crippen molar-refractivity contribution in [3.05, 3.63) is 30.3 Å². The lowest BCUT2D eigenvalue weighted by Gasteiger charge is -2.23. The van der Waals surface area contributed by atoms with Crippen molar-refractivity contribution in [3.63, 3.8) is 0 Å². The Hall–Kier alpha value is -1.88. The van der Waals surface area contributed by atoms with Gasteiger partial charge in [-0.1, -0.05) is 18.2 Å². The molecule has 0 radical (unpaired) electrons. The maximum absolute atomic E-state index is 11.9. The largest absolute Gasteiger partial charge is 0.480 e. The molecule has 17 heavy (non-hydrogen) atoms. The highest BCUT2D eigenvalue weighted by Gasteiger charge is 2.23. The summed E-state index contributed by atoms with van der Waals surface area (Å²) in [5, 5.41) is 8.81. The smallest absolute Gasteiger partial charge is 0.323 e. The summed E-state index contributed by atoms with van der Waals surface area (Å²) >= 11 is 0. The van der Waals surface area contributed by atoms with Crippen molar-refractivity contribution in [1.29, 1.82) is 0 Å². The Morgan fingerprint density at radius 2 is 1.94 bits per heavy atom. The molecule has 0 fully saturated rings. The molecule has 0 bridgehead atoms. The third-order valence-corrected chi connectivity index (χ3v) is 2.33. The highest BCUT2D eigenvalue weighted by Crippen LogP contribution is 2.14. The van der Waals surface area contributed by atoms with Crippen molar-refractivity contribution in [3.8, 4) is 0 Å². The van der Waals surface area contributed by atoms with E-state index in [4.69, 9.17) is 9.84 Å². The molecule has 1 rings (SSSR count). The lowest BCUT2D eigenvalue weighted by atomic mass is 10.2. The van der Waals surface area contributed by atoms with Crippen molar-refractivity contribution in [2.45, 2.75) is 13.0 Å². The fraction of sp³-hybridized carbons (Fsp3) is 0.333. The van der Waals surface area contributed by atoms with Crippen molar-refractivity contribution in [2.75, 3.05) is 18.6 Å². The van der Waals surface area contributed by atoms with Gasteiger partial charge >= 0.3 is 5.97 Å². The molecule has 0 aliphatic carbocycles. The highest BCUT2D eigenvalue weighted by molar-refractivity contribution is 5.99. The second-order valence-corrected chi connectivity index (χ2v) is 3.53. The zero-order valence-corrected chi connectivity index (χ0v) is 9.79. The SMILES string of the molecule is COC(C)C(=O)N(CC(=O)O)c1ccccc1. The third-order valence-electron chi connectivity index (χ3n) is 2.33. The number of nitrogens with zero attached hydrogens (tertiary/aromatic N) is 1. The molecule has 5 heteroatoms. The molecule has 0 spiro atoms. The van der Waals surface area contributed by atoms with Crippen LogP contribution in [0.2, 0.25) is 0 Å². The molecular weight excluding hydrogens is 222 g/mol. The number of carbonyl (C=O) groups excluding carboxylic acids is 1. The number of para-hydroxylation sites is 1. The van der Waals surface area contributed by atoms with Crippen LogP contribution in [-0.4, -0.2) is 36.7 Å². The normalized spacial score (nSPS) is 11.9. The van der Waals surface area contributed by atoms with Crippen LogP contribution in [0.15, 0.2) is 30.3 Å². The first-order valence-corrected chi connectivity index (χ1v) is 5.17. The number of carbonyl (C=O) groups is 2. The minimum Gasteiger partial charge on any atom is -0.480 e. The van der Waals surface area contributed by atoms with Crippen LogP contribution in [0.4, 0.5) is 5.69 Å². The molecule has 0 aliphatic rings. The molecule has 0 heterocycles. The van der Waals surface area contributed by atoms with E-state index in [1.165, 1.54) is 12.0 Å². The quantitative estimate of drug-likeness (QED) is 0.833. The molecule has 0 aromatic heterocycles. The summed E-state index contributed by atoms with van der Waals surface area (Å²) in [7, 11) is 1.41. The van der Waals surface area contributed by atoms with Crippen LogP contribution in [0.1, 0.15) is 6.92 Å². The van der Waals surface area contributed by atoms with Gasteiger partial charge in [-0.3, -0.25) is 14.5 Å². The first-order chi connectivity index (χ1) is 8.06. The van der Waals surface area contributed by atoms with Crippen molar-refractivity contribution >= 4 is 17.6 Å². The fourth-order valence-electron chi connectivity index (χ4n) is 1.36. The van der Waals surface area contributed by atoms with Gasteiger partial charge in [-0.25, -0.2) is 0 Å². The Morgan fingerprint density at radius 1 is 1.35 bits per heavy atom. The van der Waals surface area contributed by atoms with Gasteiger partial charge in [0.05, 0.1) is 0 Å². The van der Waals surface area contributed by atoms with Crippen molar-refractivity contribution in [2.24, 2.45) is 0 Å². The van der Waals surface area contributed by atoms with E-state index in [0.29, 0.717) is 5.69 Å². The van der Waals surface area contributed by atoms with Crippen LogP contribution >= 0.6 is 0 Å². The molecule has 1 aromatic carbocycles. The van der Waals surface area contributed by atoms with E-state index < -0.39 is 12.1 Å². The van der Waals surface area contributed by atoms with Crippen LogP contribution in [0.25, 0.3) is 0 Å². The summed E-state index contributed by atoms with van der Waals surface area (Å²) in [6.07, 6.45) is -0.672. The second kappa shape index (κ2) is 6.00. The van der Waals surface area contributed by atoms with E-state index >= 15 is 0 Å². The summed E-state index contributed by atoms with van der Waals surface area (Å²) in [5.41, 5.74) is 0.545. The van der Waals surface area contributed by atoms with E-state index in [1.807, 2.05) is 0 Å². The van der Waals surface area contributed by atoms with E-state index in [9.17, 15) is 9.59 Å². The van der Waals surface area contributed by atoms with Crippen LogP contribution in [0.5, 0.6) is 0 Å². The molecule has 1 amide bonds. The van der Waals surface area contributed by atoms with Gasteiger partial charge < -0.3 is 9.84 Å². The van der Waals surface area contributed by atoms with E-state index in [0.717, 1.165) is 0 Å². The van der Waals surface area contributed by atoms with Gasteiger partial charge in [-0.05, 0) is 19.1 Å². The number of amides is 1. The van der Waals surface area contributed by atoms with Gasteiger partial charge in [-0.2, -0.15) is 0 Å². The number of aliphatic carboxylic acids is 1. The third kappa shape index (κ3) is 3.57. The van der Waals surface area contributed by atoms with E-state index in [1.54, 1.807) is 37.3 Å². The summed E-state index contributed by atoms with van der Waals surface area (Å²) in [4.78, 5) is 23.9. The first kappa shape index (κ1) is 13.2. The van der Waals surface area contributed by atoms with Crippen molar-refractivity contribution < 1.29 is 19.4 Å². The van der Waals surface area contributed by atoms with Crippen LogP contribution in [0, 0.1) is 0 Å². The Balaban J connectivity index is 2.96. The monoisotopic (exact) mass is 237 g/mol. The number of carboxylic acids is 1. The van der Waals surface area contributed by atoms with Gasteiger partial charge in [-0.15, -0.1) is 0 Å². The molecule has 5 nitrogen and oxygen atoms in total. The second-order valence-electron chi connectivity index (χ2n) is 3.53. The van der Waals surface area contributed by atoms with Crippen molar-refractivity contribution in [1.82, 2.24) is 0 Å². The number of carboxylic acid groups (broad SMARTS) is 1. The number of ether oxygens (including phenoxy) is 1. The van der Waals surface area contributed by atoms with Gasteiger partial charge in [0, 0.05) is 12.8 Å². The molecule has 1 unspecified atom stereocenters. The zero-order chi connectivity index (χ0) is 12.8. The number of anilines is 1. The number of rotatable bonds is 5. The van der Waals surface area contributed by atoms with Crippen LogP contribution < -0.4 is 4.90 Å². The number of methoxy groups -OCH3 is 1. The Kier molecular flexibility index (Phi) is 4.66. The lowest BCUT2D eigenvalue weighted by Crippen LogP contribution is -2.41. The maximum atomic E-state index is 11.9. The molecule has 92 valence electrons. The number of benzene rings is 1. The molecule has 1 atom stereocenters. The van der Waals surface area contributed by atoms with Gasteiger partial charge in [0.25, 0.3) is 5.91 Å². The Morgan fingerprint density at radius 3 is 2.41 bits per heavy atom. The molecule has 0 saturated heterocycles. The standard InChI is InChI=1S/C12H15NO4/c1-9(17-2)12(16)13(8-11(14)15)10-6-4-3-5-7-10/h3-7,9H,8H2,1-2H3,(H,14,15). The fourth-order valence-corrected chi connectivity index (χ4v) is 1.36. The average molecular weight is 237 g/mol. The van der Waals surface area contributed by atoms with Crippen LogP contribution in [0.3, 0.4) is 0 Å². The molecule has 0 aliphatic heterocycles. The summed E-state index contributed by atoms with van der Waals surface area (Å²) in [6.45, 7) is 1.21. The first-order valence-electron chi connectivity index (χ1n) is 5.17. The molecule has 1 N–H and O–H groups in total. The van der Waals surface area contributed by atoms with Crippen LogP contribution in [-0.2, 0) is 14.3 Å². The van der Waals surface area contributed by atoms with E-state index in [-0.39, 0.29) is 12.5 Å². The number of hydrogen-bond donors (Lipinski definition) is 1. The summed E-state index contributed by atoms with van der Waals surface area (Å²) in [6, 6.07) is 8.66. The topological polar surface area (TPSA) is 66.8 Å². The lowest BCUT2D eigenvalue weighted by molar-refractivity contribution is -0.137. The zero-order valence-electron chi connectivity index (χ0n) is 9.79. The Labute approximate surface area is 99.6 Å². The predicted molar refractivity (Wildman–Crippen MR) is 62.9 cm³/mol. The van der Waals surface area contributed by atoms with Gasteiger partial charge in [0.1, 0.15) is 12.6 Å². The molecule has 0 saturated carbocycles. The predicted octanol–water partition coefficient (Wildman–Crippen LogP) is 1.14. The minimum absolute atomic E-state index is 0.374. The Bertz CT molecular complexity index is 391. The minimum atomic E-state index is -1.06. The maximum Gasteiger partial charge on any atom is 0.323 e. The van der Waals surface area contributed by atoms with Gasteiger partial charge in [0.15, 0.2) is 0 Å². The number of hydrogen-bond acceptors (Lipinski definition) is 3. The van der Waals surface area contributed by atoms with Gasteiger partial charge in [0.2, 0.25) is 0 Å². The summed E-state index contributed by atoms with van der Waals surface area (Å²) < 4.78 is 4.91. The summed E-state index contributed by atoms with van der Waals surface area (Å²) in [5.74, 6) is -1.44. The average Bonchev–Trinajstić information content (AvgIpc) is 2.35. The molecular formula is C12H15NO4. The molecule has 1 aromatic rings. The van der Waals surface area contributed by atoms with E-state index in [2.05, 4.69) is 0 Å².